The number of nitrogens with one attached hydrogen (secondary N) is 1. The summed E-state index contributed by atoms with van der Waals surface area (Å²) in [6, 6.07) is 18.8. The molecule has 0 bridgehead atoms. The summed E-state index contributed by atoms with van der Waals surface area (Å²) in [5.41, 5.74) is 2.14. The monoisotopic (exact) mass is 400 g/mol. The quantitative estimate of drug-likeness (QED) is 0.561. The van der Waals surface area contributed by atoms with Crippen LogP contribution in [-0.2, 0) is 0 Å². The summed E-state index contributed by atoms with van der Waals surface area (Å²) in [6.45, 7) is 8.51. The SMILES string of the molecule is CCN(CC)CCNC(c1ccccc1)c1cc2cc(Br)ccc2o1. The van der Waals surface area contributed by atoms with Crippen molar-refractivity contribution in [1.82, 2.24) is 10.2 Å². The molecule has 3 nitrogen and oxygen atoms in total. The van der Waals surface area contributed by atoms with Gasteiger partial charge in [0.05, 0.1) is 6.04 Å². The molecule has 1 atom stereocenters. The third-order valence-electron chi connectivity index (χ3n) is 4.59. The van der Waals surface area contributed by atoms with E-state index in [1.165, 1.54) is 5.56 Å². The van der Waals surface area contributed by atoms with Crippen LogP contribution in [0.5, 0.6) is 0 Å². The third kappa shape index (κ3) is 4.51. The molecule has 0 spiro atoms. The summed E-state index contributed by atoms with van der Waals surface area (Å²) in [5.74, 6) is 0.957. The molecule has 132 valence electrons. The molecule has 0 radical (unpaired) electrons. The first-order valence-corrected chi connectivity index (χ1v) is 9.70. The summed E-state index contributed by atoms with van der Waals surface area (Å²) in [7, 11) is 0. The van der Waals surface area contributed by atoms with Crippen LogP contribution >= 0.6 is 15.9 Å². The zero-order valence-corrected chi connectivity index (χ0v) is 16.4. The second kappa shape index (κ2) is 8.65. The summed E-state index contributed by atoms with van der Waals surface area (Å²) in [6.07, 6.45) is 0. The minimum absolute atomic E-state index is 0.0583. The molecule has 0 saturated heterocycles. The molecule has 0 amide bonds. The number of benzene rings is 2. The average Bonchev–Trinajstić information content (AvgIpc) is 3.05. The summed E-state index contributed by atoms with van der Waals surface area (Å²) in [5, 5.41) is 4.80. The maximum Gasteiger partial charge on any atom is 0.134 e. The molecule has 0 aliphatic heterocycles. The Hall–Kier alpha value is -1.62. The lowest BCUT2D eigenvalue weighted by atomic mass is 10.0. The number of nitrogens with zero attached hydrogens (tertiary/aromatic N) is 1. The summed E-state index contributed by atoms with van der Waals surface area (Å²) >= 11 is 3.53. The molecule has 0 saturated carbocycles. The number of hydrogen-bond donors (Lipinski definition) is 1. The highest BCUT2D eigenvalue weighted by molar-refractivity contribution is 9.10. The van der Waals surface area contributed by atoms with Gasteiger partial charge in [-0.15, -0.1) is 0 Å². The van der Waals surface area contributed by atoms with Crippen LogP contribution in [0.15, 0.2) is 63.5 Å². The van der Waals surface area contributed by atoms with E-state index < -0.39 is 0 Å². The Labute approximate surface area is 158 Å². The van der Waals surface area contributed by atoms with E-state index >= 15 is 0 Å². The third-order valence-corrected chi connectivity index (χ3v) is 5.08. The van der Waals surface area contributed by atoms with Crippen LogP contribution in [0.25, 0.3) is 11.0 Å². The fourth-order valence-corrected chi connectivity index (χ4v) is 3.49. The Morgan fingerprint density at radius 3 is 2.52 bits per heavy atom. The number of rotatable bonds is 8. The van der Waals surface area contributed by atoms with E-state index in [1.54, 1.807) is 0 Å². The Morgan fingerprint density at radius 2 is 1.80 bits per heavy atom. The largest absolute Gasteiger partial charge is 0.459 e. The Balaban J connectivity index is 1.85. The van der Waals surface area contributed by atoms with Crippen LogP contribution in [-0.4, -0.2) is 31.1 Å². The standard InChI is InChI=1S/C21H25BrN2O/c1-3-24(4-2)13-12-23-21(16-8-6-5-7-9-16)20-15-17-14-18(22)10-11-19(17)25-20/h5-11,14-15,21,23H,3-4,12-13H2,1-2H3. The lowest BCUT2D eigenvalue weighted by Gasteiger charge is -2.21. The van der Waals surface area contributed by atoms with Gasteiger partial charge in [-0.3, -0.25) is 0 Å². The predicted octanol–water partition coefficient (Wildman–Crippen LogP) is 5.22. The van der Waals surface area contributed by atoms with E-state index in [0.29, 0.717) is 0 Å². The number of halogens is 1. The van der Waals surface area contributed by atoms with E-state index in [1.807, 2.05) is 18.2 Å². The smallest absolute Gasteiger partial charge is 0.134 e. The van der Waals surface area contributed by atoms with E-state index in [4.69, 9.17) is 4.42 Å². The van der Waals surface area contributed by atoms with Gasteiger partial charge in [0.15, 0.2) is 0 Å². The van der Waals surface area contributed by atoms with Crippen molar-refractivity contribution in [2.24, 2.45) is 0 Å². The molecule has 0 fully saturated rings. The van der Waals surface area contributed by atoms with Crippen LogP contribution in [0.3, 0.4) is 0 Å². The van der Waals surface area contributed by atoms with E-state index in [-0.39, 0.29) is 6.04 Å². The normalized spacial score (nSPS) is 12.8. The van der Waals surface area contributed by atoms with Crippen molar-refractivity contribution in [3.63, 3.8) is 0 Å². The molecule has 3 rings (SSSR count). The van der Waals surface area contributed by atoms with Crippen molar-refractivity contribution < 1.29 is 4.42 Å². The summed E-state index contributed by atoms with van der Waals surface area (Å²) in [4.78, 5) is 2.42. The van der Waals surface area contributed by atoms with Gasteiger partial charge in [-0.1, -0.05) is 60.1 Å². The second-order valence-electron chi connectivity index (χ2n) is 6.16. The van der Waals surface area contributed by atoms with Crippen LogP contribution in [0.1, 0.15) is 31.2 Å². The first-order chi connectivity index (χ1) is 12.2. The van der Waals surface area contributed by atoms with Crippen LogP contribution < -0.4 is 5.32 Å². The summed E-state index contributed by atoms with van der Waals surface area (Å²) < 4.78 is 7.22. The van der Waals surface area contributed by atoms with Crippen molar-refractivity contribution in [1.29, 1.82) is 0 Å². The van der Waals surface area contributed by atoms with Gasteiger partial charge < -0.3 is 14.6 Å². The topological polar surface area (TPSA) is 28.4 Å². The fourth-order valence-electron chi connectivity index (χ4n) is 3.11. The van der Waals surface area contributed by atoms with Crippen molar-refractivity contribution in [3.05, 3.63) is 70.4 Å². The minimum Gasteiger partial charge on any atom is -0.459 e. The Bertz CT molecular complexity index is 796. The van der Waals surface area contributed by atoms with Crippen molar-refractivity contribution >= 4 is 26.9 Å². The first kappa shape index (κ1) is 18.2. The zero-order valence-electron chi connectivity index (χ0n) is 14.8. The molecular formula is C21H25BrN2O. The van der Waals surface area contributed by atoms with Gasteiger partial charge in [0, 0.05) is 22.9 Å². The number of likely N-dealkylation sites (N-methyl/N-ethyl adjacent to an activating group) is 1. The van der Waals surface area contributed by atoms with Gasteiger partial charge >= 0.3 is 0 Å². The molecule has 25 heavy (non-hydrogen) atoms. The average molecular weight is 401 g/mol. The van der Waals surface area contributed by atoms with E-state index in [2.05, 4.69) is 76.4 Å². The van der Waals surface area contributed by atoms with Gasteiger partial charge in [-0.2, -0.15) is 0 Å². The Morgan fingerprint density at radius 1 is 1.04 bits per heavy atom. The predicted molar refractivity (Wildman–Crippen MR) is 108 cm³/mol. The molecule has 4 heteroatoms. The van der Waals surface area contributed by atoms with Gasteiger partial charge in [0.2, 0.25) is 0 Å². The molecule has 1 N–H and O–H groups in total. The van der Waals surface area contributed by atoms with Crippen LogP contribution in [0.4, 0.5) is 0 Å². The molecular weight excluding hydrogens is 376 g/mol. The molecule has 1 aromatic heterocycles. The maximum atomic E-state index is 6.15. The zero-order chi connectivity index (χ0) is 17.6. The fraction of sp³-hybridized carbons (Fsp3) is 0.333. The molecule has 0 aliphatic carbocycles. The van der Waals surface area contributed by atoms with Gasteiger partial charge in [-0.05, 0) is 42.9 Å². The lowest BCUT2D eigenvalue weighted by Crippen LogP contribution is -2.34. The van der Waals surface area contributed by atoms with Gasteiger partial charge in [0.1, 0.15) is 11.3 Å². The van der Waals surface area contributed by atoms with Gasteiger partial charge in [-0.25, -0.2) is 0 Å². The Kier molecular flexibility index (Phi) is 6.29. The highest BCUT2D eigenvalue weighted by atomic mass is 79.9. The molecule has 3 aromatic rings. The second-order valence-corrected chi connectivity index (χ2v) is 7.07. The van der Waals surface area contributed by atoms with E-state index in [0.717, 1.165) is 47.4 Å². The van der Waals surface area contributed by atoms with E-state index in [9.17, 15) is 0 Å². The molecule has 2 aromatic carbocycles. The van der Waals surface area contributed by atoms with Crippen LogP contribution in [0.2, 0.25) is 0 Å². The minimum atomic E-state index is 0.0583. The molecule has 1 unspecified atom stereocenters. The molecule has 0 aliphatic rings. The highest BCUT2D eigenvalue weighted by Crippen LogP contribution is 2.29. The number of fused-ring (bicyclic) bond motifs is 1. The van der Waals surface area contributed by atoms with Crippen molar-refractivity contribution in [2.75, 3.05) is 26.2 Å². The van der Waals surface area contributed by atoms with Gasteiger partial charge in [0.25, 0.3) is 0 Å². The maximum absolute atomic E-state index is 6.15. The first-order valence-electron chi connectivity index (χ1n) is 8.91. The molecule has 1 heterocycles. The van der Waals surface area contributed by atoms with Crippen molar-refractivity contribution in [2.45, 2.75) is 19.9 Å². The number of furan rings is 1. The van der Waals surface area contributed by atoms with Crippen LogP contribution in [0, 0.1) is 0 Å². The highest BCUT2D eigenvalue weighted by Gasteiger charge is 2.18. The van der Waals surface area contributed by atoms with Crippen molar-refractivity contribution in [3.8, 4) is 0 Å². The number of hydrogen-bond acceptors (Lipinski definition) is 3. The lowest BCUT2D eigenvalue weighted by molar-refractivity contribution is 0.296.